The smallest absolute Gasteiger partial charge is 0.260 e. The largest absolute Gasteiger partial charge is 0.458 e. The molecule has 0 bridgehead atoms. The Kier molecular flexibility index (Phi) is 15.8. The molecule has 6 heterocycles. The number of aromatic nitrogens is 2. The molecule has 0 N–H and O–H groups in total. The molecule has 2 aromatic heterocycles. The summed E-state index contributed by atoms with van der Waals surface area (Å²) in [5, 5.41) is 4.96. The van der Waals surface area contributed by atoms with E-state index in [4.69, 9.17) is 9.47 Å². The Labute approximate surface area is 683 Å². The monoisotopic (exact) mass is 1470 g/mol. The summed E-state index contributed by atoms with van der Waals surface area (Å²) in [4.78, 5) is 5.08. The molecule has 5 aliphatic rings. The molecule has 0 unspecified atom stereocenters. The molecule has 14 aromatic carbocycles. The van der Waals surface area contributed by atoms with Gasteiger partial charge < -0.3 is 23.5 Å². The number of hydrogen-bond acceptors (Lipinski definition) is 4. The van der Waals surface area contributed by atoms with Gasteiger partial charge in [-0.15, -0.1) is 32.8 Å². The van der Waals surface area contributed by atoms with E-state index in [0.29, 0.717) is 0 Å². The van der Waals surface area contributed by atoms with Gasteiger partial charge in [0.2, 0.25) is 6.71 Å². The second-order valence-electron chi connectivity index (χ2n) is 36.0. The van der Waals surface area contributed by atoms with Crippen LogP contribution in [0.25, 0.3) is 99.5 Å². The number of anilines is 3. The van der Waals surface area contributed by atoms with Crippen molar-refractivity contribution in [1.29, 1.82) is 0 Å². The Balaban J connectivity index is 0.827. The summed E-state index contributed by atoms with van der Waals surface area (Å²) in [5.74, 6) is 3.41. The molecule has 0 atom stereocenters. The van der Waals surface area contributed by atoms with Gasteiger partial charge in [0, 0.05) is 65.2 Å². The molecule has 114 heavy (non-hydrogen) atoms. The zero-order valence-corrected chi connectivity index (χ0v) is 69.4. The third-order valence-corrected chi connectivity index (χ3v) is 29.2. The van der Waals surface area contributed by atoms with E-state index in [1.165, 1.54) is 174 Å². The van der Waals surface area contributed by atoms with Crippen molar-refractivity contribution >= 4 is 252 Å². The Morgan fingerprint density at radius 2 is 0.842 bits per heavy atom. The van der Waals surface area contributed by atoms with Crippen LogP contribution in [0.1, 0.15) is 78.0 Å². The molecule has 5 nitrogen and oxygen atoms in total. The zero-order valence-electron chi connectivity index (χ0n) is 68.6. The van der Waals surface area contributed by atoms with Gasteiger partial charge >= 0.3 is 0 Å². The van der Waals surface area contributed by atoms with Gasteiger partial charge in [-0.05, 0) is 221 Å². The minimum absolute atomic E-state index is 0.00649. The Morgan fingerprint density at radius 1 is 0.351 bits per heavy atom. The molecule has 0 saturated carbocycles. The molecule has 18 heteroatoms. The fourth-order valence-corrected chi connectivity index (χ4v) is 22.2. The number of benzene rings is 14. The van der Waals surface area contributed by atoms with E-state index in [0.717, 1.165) is 91.8 Å². The van der Waals surface area contributed by atoms with Crippen molar-refractivity contribution in [2.75, 3.05) is 4.90 Å². The molecular weight excluding hydrogens is 1390 g/mol. The van der Waals surface area contributed by atoms with Crippen LogP contribution in [0.15, 0.2) is 240 Å². The van der Waals surface area contributed by atoms with E-state index in [-0.39, 0.29) is 29.7 Å². The number of rotatable bonds is 7. The van der Waals surface area contributed by atoms with Crippen LogP contribution in [-0.4, -0.2) is 101 Å². The molecule has 0 radical (unpaired) electrons. The molecule has 0 fully saturated rings. The van der Waals surface area contributed by atoms with E-state index in [1.54, 1.807) is 0 Å². The first kappa shape index (κ1) is 71.0. The quantitative estimate of drug-likeness (QED) is 0.224. The van der Waals surface area contributed by atoms with E-state index < -0.39 is 0 Å². The lowest BCUT2D eigenvalue weighted by molar-refractivity contribution is 0.333. The highest BCUT2D eigenvalue weighted by Gasteiger charge is 2.45. The van der Waals surface area contributed by atoms with Crippen molar-refractivity contribution in [3.63, 3.8) is 0 Å². The van der Waals surface area contributed by atoms with E-state index in [9.17, 15) is 0 Å². The predicted octanol–water partition coefficient (Wildman–Crippen LogP) is 4.27. The van der Waals surface area contributed by atoms with Crippen LogP contribution in [0.3, 0.4) is 0 Å². The van der Waals surface area contributed by atoms with Crippen LogP contribution in [-0.2, 0) is 16.2 Å². The number of hydrogen-bond donors (Lipinski definition) is 0. The van der Waals surface area contributed by atoms with Crippen LogP contribution in [0.4, 0.5) is 17.1 Å². The van der Waals surface area contributed by atoms with E-state index in [1.807, 2.05) is 11.8 Å². The Morgan fingerprint density at radius 3 is 1.46 bits per heavy atom. The first-order valence-corrected chi connectivity index (χ1v) is 41.8. The highest BCUT2D eigenvalue weighted by atomic mass is 32.2. The summed E-state index contributed by atoms with van der Waals surface area (Å²) in [7, 11) is 23.1. The molecule has 4 aliphatic heterocycles. The lowest BCUT2D eigenvalue weighted by Gasteiger charge is -2.43. The normalized spacial score (nSPS) is 14.6. The second kappa shape index (κ2) is 25.4. The number of ether oxygens (including phenoxy) is 2. The second-order valence-corrected chi connectivity index (χ2v) is 37.1. The summed E-state index contributed by atoms with van der Waals surface area (Å²) in [6, 6.07) is 89.1. The Bertz CT molecular complexity index is 6760. The molecule has 536 valence electrons. The van der Waals surface area contributed by atoms with E-state index >= 15 is 0 Å². The fourth-order valence-electron chi connectivity index (χ4n) is 21.0. The molecule has 0 amide bonds. The molecule has 21 rings (SSSR count). The van der Waals surface area contributed by atoms with Crippen LogP contribution in [0, 0.1) is 0 Å². The average Bonchev–Trinajstić information content (AvgIpc) is 0.894. The first-order valence-electron chi connectivity index (χ1n) is 41.0. The molecule has 16 aromatic rings. The van der Waals surface area contributed by atoms with Gasteiger partial charge in [0.1, 0.15) is 101 Å². The fraction of sp³-hybridized carbons (Fsp3) is 0.125. The summed E-state index contributed by atoms with van der Waals surface area (Å²) in [6.45, 7) is 16.4. The van der Waals surface area contributed by atoms with Gasteiger partial charge in [-0.1, -0.05) is 209 Å². The number of para-hydroxylation sites is 3. The minimum Gasteiger partial charge on any atom is -0.458 e. The maximum atomic E-state index is 7.35. The molecular formula is C96H83B12N3O2S. The lowest BCUT2D eigenvalue weighted by Crippen LogP contribution is -2.59. The van der Waals surface area contributed by atoms with Crippen molar-refractivity contribution in [1.82, 2.24) is 9.13 Å². The van der Waals surface area contributed by atoms with Crippen LogP contribution in [0.5, 0.6) is 23.0 Å². The zero-order chi connectivity index (χ0) is 78.4. The average molecular weight is 1470 g/mol. The van der Waals surface area contributed by atoms with Gasteiger partial charge in [0.25, 0.3) is 6.71 Å². The summed E-state index contributed by atoms with van der Waals surface area (Å²) in [5.41, 5.74) is 45.1. The standard InChI is InChI=1S/C96H83B12N3O2S/c1-94(2,3)53-27-32-65-74(45-53)113-76-43-52(42-75-93(76)108(65)64-19-10-13-22-73(64)112-75)51-41-72-92-78(44-51)114-77-47-56(111-67-20-11-8-15-58(67)59-16-9-12-21-68(59)111)31-34-66(77)107(92)63-33-30-55(46-71(63)109(72)54-28-23-48(24-29-54)57-17-14-18-62-81(57)96(6,7)38-37-95(62,4)5)110-69-35-25-49(79-82(97)86(101)90(105)87(102)83(79)98)39-60(69)61-40-50(26-36-70(61)110)80-84(99)88(103)91(106)89(104)85(80)100/h8-36,39-47H,37-38,97-106H2,1-7H3. The third kappa shape index (κ3) is 10.4. The van der Waals surface area contributed by atoms with Gasteiger partial charge in [-0.3, -0.25) is 0 Å². The summed E-state index contributed by atoms with van der Waals surface area (Å²) >= 11 is 1.90. The van der Waals surface area contributed by atoms with Gasteiger partial charge in [-0.25, -0.2) is 0 Å². The van der Waals surface area contributed by atoms with Crippen molar-refractivity contribution in [2.45, 2.75) is 87.3 Å². The first-order chi connectivity index (χ1) is 54.8. The maximum Gasteiger partial charge on any atom is 0.260 e. The number of nitrogens with zero attached hydrogens (tertiary/aromatic N) is 3. The van der Waals surface area contributed by atoms with Crippen molar-refractivity contribution in [2.24, 2.45) is 0 Å². The number of fused-ring (bicyclic) bond motifs is 15. The SMILES string of the molecule is Bc1c(B)c(B)c(-c2ccc3c(c2)c2cc(-c4c(B)c(B)c(B)c(B)c4B)ccc2n3-c2ccc3c(c2)N(c2ccc(-c4cccc5c4C(C)(C)CCC5(C)C)cc2)c2cc(-c4cc5c6c(c4)Oc4cc(C(C)(C)C)ccc4B6c4ccccc4O5)cc4c2B3c2ccc(-n3c5ccccc5c5ccccc53)cc2S4)c(B)c1B. The molecule has 0 saturated heterocycles. The summed E-state index contributed by atoms with van der Waals surface area (Å²) in [6.07, 6.45) is 2.29. The van der Waals surface area contributed by atoms with Gasteiger partial charge in [0.15, 0.2) is 0 Å². The lowest BCUT2D eigenvalue weighted by atomic mass is 9.34. The topological polar surface area (TPSA) is 31.6 Å². The van der Waals surface area contributed by atoms with Crippen molar-refractivity contribution in [3.8, 4) is 78.9 Å². The highest BCUT2D eigenvalue weighted by molar-refractivity contribution is 8.00. The minimum atomic E-state index is -0.139. The van der Waals surface area contributed by atoms with Crippen LogP contribution in [0.2, 0.25) is 0 Å². The summed E-state index contributed by atoms with van der Waals surface area (Å²) < 4.78 is 19.6. The Hall–Kier alpha value is -10.8. The highest BCUT2D eigenvalue weighted by Crippen LogP contribution is 2.52. The van der Waals surface area contributed by atoms with Crippen molar-refractivity contribution in [3.05, 3.63) is 247 Å². The van der Waals surface area contributed by atoms with Crippen LogP contribution >= 0.6 is 11.8 Å². The van der Waals surface area contributed by atoms with Crippen LogP contribution < -0.4 is 102 Å². The predicted molar refractivity (Wildman–Crippen MR) is 520 cm³/mol. The van der Waals surface area contributed by atoms with E-state index in [2.05, 4.69) is 371 Å². The molecule has 0 spiro atoms. The third-order valence-electron chi connectivity index (χ3n) is 28.1. The van der Waals surface area contributed by atoms with Gasteiger partial charge in [0.05, 0.1) is 22.1 Å². The maximum absolute atomic E-state index is 7.35. The molecule has 1 aliphatic carbocycles. The van der Waals surface area contributed by atoms with Gasteiger partial charge in [-0.2, -0.15) is 0 Å². The van der Waals surface area contributed by atoms with Crippen molar-refractivity contribution < 1.29 is 9.47 Å².